The Balaban J connectivity index is 2.07. The zero-order valence-corrected chi connectivity index (χ0v) is 17.0. The lowest BCUT2D eigenvalue weighted by Crippen LogP contribution is -3.11. The molecule has 0 radical (unpaired) electrons. The van der Waals surface area contributed by atoms with Crippen LogP contribution < -0.4 is 19.7 Å². The van der Waals surface area contributed by atoms with Crippen LogP contribution in [-0.4, -0.2) is 63.7 Å². The number of nitrogens with zero attached hydrogens (tertiary/aromatic N) is 1. The molecule has 2 amide bonds. The van der Waals surface area contributed by atoms with Crippen molar-refractivity contribution in [2.24, 2.45) is 0 Å². The van der Waals surface area contributed by atoms with E-state index in [0.29, 0.717) is 0 Å². The molecule has 0 aliphatic carbocycles. The lowest BCUT2D eigenvalue weighted by molar-refractivity contribution is -0.863. The van der Waals surface area contributed by atoms with E-state index in [4.69, 9.17) is 9.47 Å². The van der Waals surface area contributed by atoms with Gasteiger partial charge in [0.05, 0.1) is 27.3 Å². The SMILES string of the molecule is COc1ccc(OC)c([C@@H]2CCCN2C(=O)C[NH+](C)CC(=O)NC(C)C)c1. The van der Waals surface area contributed by atoms with Gasteiger partial charge in [-0.1, -0.05) is 0 Å². The standard InChI is InChI=1S/C20H31N3O4/c1-14(2)21-19(24)12-22(3)13-20(25)23-10-6-7-17(23)16-11-15(26-4)8-9-18(16)27-5/h8-9,11,14,17H,6-7,10,12-13H2,1-5H3,(H,21,24)/p+1/t17-/m0/s1. The highest BCUT2D eigenvalue weighted by Gasteiger charge is 2.33. The summed E-state index contributed by atoms with van der Waals surface area (Å²) in [5.41, 5.74) is 0.970. The first-order chi connectivity index (χ1) is 12.8. The zero-order valence-electron chi connectivity index (χ0n) is 17.0. The highest BCUT2D eigenvalue weighted by Crippen LogP contribution is 2.38. The molecule has 0 spiro atoms. The van der Waals surface area contributed by atoms with E-state index in [1.807, 2.05) is 44.0 Å². The van der Waals surface area contributed by atoms with E-state index in [1.54, 1.807) is 14.2 Å². The summed E-state index contributed by atoms with van der Waals surface area (Å²) >= 11 is 0. The van der Waals surface area contributed by atoms with Crippen molar-refractivity contribution in [3.05, 3.63) is 23.8 Å². The molecule has 150 valence electrons. The summed E-state index contributed by atoms with van der Waals surface area (Å²) in [6.45, 7) is 5.14. The first-order valence-corrected chi connectivity index (χ1v) is 9.47. The monoisotopic (exact) mass is 378 g/mol. The lowest BCUT2D eigenvalue weighted by atomic mass is 10.0. The maximum Gasteiger partial charge on any atom is 0.278 e. The van der Waals surface area contributed by atoms with Crippen LogP contribution in [0.3, 0.4) is 0 Å². The number of hydrogen-bond donors (Lipinski definition) is 2. The van der Waals surface area contributed by atoms with Crippen LogP contribution in [0.5, 0.6) is 11.5 Å². The zero-order chi connectivity index (χ0) is 20.0. The molecule has 0 aromatic heterocycles. The molecule has 1 unspecified atom stereocenters. The molecule has 27 heavy (non-hydrogen) atoms. The van der Waals surface area contributed by atoms with Gasteiger partial charge in [0.15, 0.2) is 13.1 Å². The minimum atomic E-state index is -0.0391. The lowest BCUT2D eigenvalue weighted by Gasteiger charge is -2.27. The molecule has 1 aliphatic heterocycles. The highest BCUT2D eigenvalue weighted by molar-refractivity contribution is 5.79. The van der Waals surface area contributed by atoms with Crippen LogP contribution in [-0.2, 0) is 9.59 Å². The Labute approximate surface area is 161 Å². The third-order valence-corrected chi connectivity index (χ3v) is 4.73. The quantitative estimate of drug-likeness (QED) is 0.687. The average molecular weight is 378 g/mol. The van der Waals surface area contributed by atoms with Gasteiger partial charge < -0.3 is 24.6 Å². The fourth-order valence-corrected chi connectivity index (χ4v) is 3.56. The maximum atomic E-state index is 12.9. The van der Waals surface area contributed by atoms with E-state index >= 15 is 0 Å². The van der Waals surface area contributed by atoms with Crippen LogP contribution >= 0.6 is 0 Å². The van der Waals surface area contributed by atoms with Gasteiger partial charge in [-0.05, 0) is 44.9 Å². The summed E-state index contributed by atoms with van der Waals surface area (Å²) in [6.07, 6.45) is 1.84. The molecule has 7 nitrogen and oxygen atoms in total. The fraction of sp³-hybridized carbons (Fsp3) is 0.600. The number of hydrogen-bond acceptors (Lipinski definition) is 4. The topological polar surface area (TPSA) is 72.3 Å². The van der Waals surface area contributed by atoms with E-state index in [-0.39, 0.29) is 37.0 Å². The maximum absolute atomic E-state index is 12.9. The molecule has 1 saturated heterocycles. The van der Waals surface area contributed by atoms with E-state index in [9.17, 15) is 9.59 Å². The van der Waals surface area contributed by atoms with Crippen molar-refractivity contribution in [1.82, 2.24) is 10.2 Å². The van der Waals surface area contributed by atoms with E-state index in [1.165, 1.54) is 0 Å². The molecular formula is C20H32N3O4+. The summed E-state index contributed by atoms with van der Waals surface area (Å²) in [7, 11) is 5.14. The van der Waals surface area contributed by atoms with Gasteiger partial charge >= 0.3 is 0 Å². The predicted molar refractivity (Wildman–Crippen MR) is 103 cm³/mol. The van der Waals surface area contributed by atoms with Crippen molar-refractivity contribution in [2.45, 2.75) is 38.8 Å². The van der Waals surface area contributed by atoms with Gasteiger partial charge in [0.25, 0.3) is 11.8 Å². The minimum absolute atomic E-state index is 0.0279. The second-order valence-electron chi connectivity index (χ2n) is 7.39. The number of carbonyl (C=O) groups excluding carboxylic acids is 2. The minimum Gasteiger partial charge on any atom is -0.497 e. The van der Waals surface area contributed by atoms with Crippen molar-refractivity contribution in [3.63, 3.8) is 0 Å². The van der Waals surface area contributed by atoms with Gasteiger partial charge in [0, 0.05) is 18.2 Å². The number of ether oxygens (including phenoxy) is 2. The Morgan fingerprint density at radius 3 is 2.63 bits per heavy atom. The first-order valence-electron chi connectivity index (χ1n) is 9.47. The second-order valence-corrected chi connectivity index (χ2v) is 7.39. The number of nitrogens with one attached hydrogen (secondary N) is 2. The predicted octanol–water partition coefficient (Wildman–Crippen LogP) is 0.407. The van der Waals surface area contributed by atoms with Gasteiger partial charge in [-0.15, -0.1) is 0 Å². The first kappa shape index (κ1) is 21.0. The summed E-state index contributed by atoms with van der Waals surface area (Å²) in [4.78, 5) is 27.6. The van der Waals surface area contributed by atoms with E-state index in [2.05, 4.69) is 5.32 Å². The number of amides is 2. The number of benzene rings is 1. The molecule has 1 heterocycles. The van der Waals surface area contributed by atoms with E-state index < -0.39 is 0 Å². The molecule has 1 aliphatic rings. The second kappa shape index (κ2) is 9.60. The number of quaternary nitrogens is 1. The smallest absolute Gasteiger partial charge is 0.278 e. The Morgan fingerprint density at radius 2 is 2.00 bits per heavy atom. The van der Waals surface area contributed by atoms with E-state index in [0.717, 1.165) is 41.3 Å². The third kappa shape index (κ3) is 5.60. The van der Waals surface area contributed by atoms with Crippen LogP contribution in [0, 0.1) is 0 Å². The largest absolute Gasteiger partial charge is 0.497 e. The van der Waals surface area contributed by atoms with Crippen LogP contribution in [0.2, 0.25) is 0 Å². The molecule has 1 aromatic carbocycles. The summed E-state index contributed by atoms with van der Waals surface area (Å²) < 4.78 is 10.8. The molecule has 1 fully saturated rings. The fourth-order valence-electron chi connectivity index (χ4n) is 3.56. The number of methoxy groups -OCH3 is 2. The molecule has 7 heteroatoms. The van der Waals surface area contributed by atoms with Crippen molar-refractivity contribution in [3.8, 4) is 11.5 Å². The van der Waals surface area contributed by atoms with Crippen LogP contribution in [0.4, 0.5) is 0 Å². The van der Waals surface area contributed by atoms with Crippen molar-refractivity contribution in [2.75, 3.05) is 40.9 Å². The molecule has 1 aromatic rings. The van der Waals surface area contributed by atoms with Crippen molar-refractivity contribution >= 4 is 11.8 Å². The van der Waals surface area contributed by atoms with Gasteiger partial charge in [0.1, 0.15) is 11.5 Å². The Hall–Kier alpha value is -2.28. The van der Waals surface area contributed by atoms with Crippen LogP contribution in [0.15, 0.2) is 18.2 Å². The third-order valence-electron chi connectivity index (χ3n) is 4.73. The molecule has 0 bridgehead atoms. The summed E-state index contributed by atoms with van der Waals surface area (Å²) in [6, 6.07) is 5.75. The number of likely N-dealkylation sites (N-methyl/N-ethyl adjacent to an activating group) is 1. The van der Waals surface area contributed by atoms with Crippen LogP contribution in [0.25, 0.3) is 0 Å². The summed E-state index contributed by atoms with van der Waals surface area (Å²) in [5, 5.41) is 2.86. The summed E-state index contributed by atoms with van der Waals surface area (Å²) in [5.74, 6) is 1.52. The molecule has 2 atom stereocenters. The van der Waals surface area contributed by atoms with Gasteiger partial charge in [-0.25, -0.2) is 0 Å². The number of rotatable bonds is 8. The number of carbonyl (C=O) groups is 2. The van der Waals surface area contributed by atoms with Gasteiger partial charge in [-0.3, -0.25) is 9.59 Å². The van der Waals surface area contributed by atoms with Crippen molar-refractivity contribution < 1.29 is 24.0 Å². The van der Waals surface area contributed by atoms with Crippen LogP contribution in [0.1, 0.15) is 38.3 Å². The van der Waals surface area contributed by atoms with Gasteiger partial charge in [0.2, 0.25) is 0 Å². The normalized spacial score (nSPS) is 17.7. The molecule has 2 N–H and O–H groups in total. The Morgan fingerprint density at radius 1 is 1.26 bits per heavy atom. The number of likely N-dealkylation sites (tertiary alicyclic amines) is 1. The Bertz CT molecular complexity index is 663. The van der Waals surface area contributed by atoms with Crippen molar-refractivity contribution in [1.29, 1.82) is 0 Å². The Kier molecular flexibility index (Phi) is 7.47. The molecular weight excluding hydrogens is 346 g/mol. The highest BCUT2D eigenvalue weighted by atomic mass is 16.5. The molecule has 0 saturated carbocycles. The molecule has 2 rings (SSSR count). The van der Waals surface area contributed by atoms with Gasteiger partial charge in [-0.2, -0.15) is 0 Å². The average Bonchev–Trinajstić information content (AvgIpc) is 3.09.